The summed E-state index contributed by atoms with van der Waals surface area (Å²) < 4.78 is 0. The molecule has 0 saturated carbocycles. The summed E-state index contributed by atoms with van der Waals surface area (Å²) in [5.74, 6) is 0. The summed E-state index contributed by atoms with van der Waals surface area (Å²) >= 11 is 0. The number of aromatic nitrogens is 1. The van der Waals surface area contributed by atoms with E-state index in [-0.39, 0.29) is 0 Å². The molecule has 1 unspecified atom stereocenters. The maximum atomic E-state index is 8.88. The third-order valence-electron chi connectivity index (χ3n) is 2.52. The molecule has 0 N–H and O–H groups in total. The molecule has 1 atom stereocenters. The minimum Gasteiger partial charge on any atom is -0.370 e. The van der Waals surface area contributed by atoms with Crippen molar-refractivity contribution in [2.75, 3.05) is 11.9 Å². The lowest BCUT2D eigenvalue weighted by atomic mass is 10.2. The second-order valence-electron chi connectivity index (χ2n) is 3.35. The van der Waals surface area contributed by atoms with Gasteiger partial charge in [-0.25, -0.2) is 4.98 Å². The Morgan fingerprint density at radius 3 is 2.93 bits per heavy atom. The van der Waals surface area contributed by atoms with E-state index in [1.54, 1.807) is 6.20 Å². The van der Waals surface area contributed by atoms with Gasteiger partial charge >= 0.3 is 0 Å². The number of rotatable bonds is 3. The summed E-state index contributed by atoms with van der Waals surface area (Å²) in [5, 5.41) is 8.88. The lowest BCUT2D eigenvalue weighted by Crippen LogP contribution is -2.28. The fourth-order valence-electron chi connectivity index (χ4n) is 1.28. The number of hydrogen-bond donors (Lipinski definition) is 0. The fraction of sp³-hybridized carbons (Fsp3) is 0.455. The predicted octanol–water partition coefficient (Wildman–Crippen LogP) is 2.19. The van der Waals surface area contributed by atoms with Crippen LogP contribution in [0.15, 0.2) is 18.3 Å². The smallest absolute Gasteiger partial charge is 0.163 e. The zero-order valence-electron chi connectivity index (χ0n) is 8.86. The Hall–Kier alpha value is -1.56. The maximum absolute atomic E-state index is 8.88. The monoisotopic (exact) mass is 189 g/mol. The van der Waals surface area contributed by atoms with E-state index in [9.17, 15) is 0 Å². The number of hydrogen-bond acceptors (Lipinski definition) is 3. The minimum atomic E-state index is 0.422. The summed E-state index contributed by atoms with van der Waals surface area (Å²) in [5.41, 5.74) is 1.40. The Labute approximate surface area is 85.0 Å². The Balaban J connectivity index is 3.01. The Bertz CT molecular complexity index is 341. The van der Waals surface area contributed by atoms with Gasteiger partial charge in [0.2, 0.25) is 0 Å². The van der Waals surface area contributed by atoms with Crippen LogP contribution in [0, 0.1) is 11.3 Å². The molecule has 0 spiro atoms. The number of nitrogens with zero attached hydrogens (tertiary/aromatic N) is 3. The highest BCUT2D eigenvalue weighted by Gasteiger charge is 2.11. The zero-order chi connectivity index (χ0) is 10.6. The molecule has 0 aliphatic heterocycles. The van der Waals surface area contributed by atoms with Gasteiger partial charge in [0.05, 0.1) is 5.69 Å². The Morgan fingerprint density at radius 1 is 1.64 bits per heavy atom. The zero-order valence-corrected chi connectivity index (χ0v) is 8.86. The molecular formula is C11H15N3. The van der Waals surface area contributed by atoms with Gasteiger partial charge in [0.25, 0.3) is 0 Å². The highest BCUT2D eigenvalue weighted by Crippen LogP contribution is 2.18. The number of nitriles is 1. The predicted molar refractivity (Wildman–Crippen MR) is 57.1 cm³/mol. The third kappa shape index (κ3) is 2.02. The summed E-state index contributed by atoms with van der Waals surface area (Å²) in [6.45, 7) is 4.26. The van der Waals surface area contributed by atoms with Gasteiger partial charge in [0.1, 0.15) is 6.07 Å². The molecule has 3 nitrogen and oxygen atoms in total. The van der Waals surface area contributed by atoms with Crippen molar-refractivity contribution in [1.29, 1.82) is 5.26 Å². The van der Waals surface area contributed by atoms with Crippen molar-refractivity contribution < 1.29 is 0 Å². The van der Waals surface area contributed by atoms with Crippen LogP contribution in [0.2, 0.25) is 0 Å². The number of anilines is 1. The summed E-state index contributed by atoms with van der Waals surface area (Å²) in [6, 6.07) is 6.31. The molecule has 0 radical (unpaired) electrons. The topological polar surface area (TPSA) is 39.9 Å². The summed E-state index contributed by atoms with van der Waals surface area (Å²) in [4.78, 5) is 6.12. The fourth-order valence-corrected chi connectivity index (χ4v) is 1.28. The third-order valence-corrected chi connectivity index (χ3v) is 2.52. The van der Waals surface area contributed by atoms with Crippen molar-refractivity contribution >= 4 is 5.69 Å². The van der Waals surface area contributed by atoms with Crippen molar-refractivity contribution in [2.24, 2.45) is 0 Å². The largest absolute Gasteiger partial charge is 0.370 e. The van der Waals surface area contributed by atoms with Gasteiger partial charge < -0.3 is 4.90 Å². The molecule has 1 heterocycles. The normalized spacial score (nSPS) is 11.9. The first kappa shape index (κ1) is 10.5. The molecule has 1 aromatic heterocycles. The van der Waals surface area contributed by atoms with Crippen LogP contribution in [0.25, 0.3) is 0 Å². The summed E-state index contributed by atoms with van der Waals surface area (Å²) in [7, 11) is 1.99. The van der Waals surface area contributed by atoms with E-state index in [4.69, 9.17) is 5.26 Å². The van der Waals surface area contributed by atoms with Gasteiger partial charge in [-0.05, 0) is 25.5 Å². The van der Waals surface area contributed by atoms with Gasteiger partial charge in [0, 0.05) is 19.3 Å². The van der Waals surface area contributed by atoms with E-state index in [0.29, 0.717) is 11.7 Å². The van der Waals surface area contributed by atoms with E-state index in [0.717, 1.165) is 12.1 Å². The molecule has 0 bridgehead atoms. The second kappa shape index (κ2) is 4.61. The van der Waals surface area contributed by atoms with E-state index < -0.39 is 0 Å². The minimum absolute atomic E-state index is 0.422. The first-order valence-corrected chi connectivity index (χ1v) is 4.78. The van der Waals surface area contributed by atoms with Crippen LogP contribution < -0.4 is 4.90 Å². The molecule has 74 valence electrons. The first-order valence-electron chi connectivity index (χ1n) is 4.78. The molecule has 1 rings (SSSR count). The molecule has 0 aliphatic rings. The molecule has 0 aromatic carbocycles. The van der Waals surface area contributed by atoms with Crippen LogP contribution in [0.5, 0.6) is 0 Å². The molecule has 0 aliphatic carbocycles. The summed E-state index contributed by atoms with van der Waals surface area (Å²) in [6.07, 6.45) is 2.70. The maximum Gasteiger partial charge on any atom is 0.163 e. The van der Waals surface area contributed by atoms with Crippen molar-refractivity contribution in [3.05, 3.63) is 24.0 Å². The van der Waals surface area contributed by atoms with E-state index >= 15 is 0 Å². The highest BCUT2D eigenvalue weighted by atomic mass is 15.1. The van der Waals surface area contributed by atoms with E-state index in [2.05, 4.69) is 29.8 Å². The van der Waals surface area contributed by atoms with Crippen LogP contribution >= 0.6 is 0 Å². The molecule has 0 fully saturated rings. The Kier molecular flexibility index (Phi) is 3.47. The number of pyridine rings is 1. The van der Waals surface area contributed by atoms with Gasteiger partial charge in [-0.2, -0.15) is 5.26 Å². The van der Waals surface area contributed by atoms with Crippen LogP contribution in [-0.2, 0) is 0 Å². The van der Waals surface area contributed by atoms with Crippen molar-refractivity contribution in [1.82, 2.24) is 4.98 Å². The van der Waals surface area contributed by atoms with E-state index in [1.807, 2.05) is 19.2 Å². The van der Waals surface area contributed by atoms with Gasteiger partial charge in [-0.15, -0.1) is 0 Å². The van der Waals surface area contributed by atoms with Crippen LogP contribution in [-0.4, -0.2) is 18.1 Å². The van der Waals surface area contributed by atoms with Crippen molar-refractivity contribution in [3.63, 3.8) is 0 Å². The first-order chi connectivity index (χ1) is 6.70. The molecule has 3 heteroatoms. The van der Waals surface area contributed by atoms with E-state index in [1.165, 1.54) is 0 Å². The van der Waals surface area contributed by atoms with Crippen LogP contribution in [0.3, 0.4) is 0 Å². The van der Waals surface area contributed by atoms with Crippen LogP contribution in [0.1, 0.15) is 26.0 Å². The van der Waals surface area contributed by atoms with Gasteiger partial charge in [0.15, 0.2) is 5.69 Å². The van der Waals surface area contributed by atoms with Crippen molar-refractivity contribution in [3.8, 4) is 6.07 Å². The van der Waals surface area contributed by atoms with Gasteiger partial charge in [-0.1, -0.05) is 6.92 Å². The molecule has 0 saturated heterocycles. The Morgan fingerprint density at radius 2 is 2.36 bits per heavy atom. The lowest BCUT2D eigenvalue weighted by Gasteiger charge is -2.26. The molecule has 1 aromatic rings. The molecular weight excluding hydrogens is 174 g/mol. The second-order valence-corrected chi connectivity index (χ2v) is 3.35. The van der Waals surface area contributed by atoms with Crippen molar-refractivity contribution in [2.45, 2.75) is 26.3 Å². The standard InChI is InChI=1S/C11H15N3/c1-4-9(2)14(3)11-6-5-7-13-10(11)8-12/h5-7,9H,4H2,1-3H3. The van der Waals surface area contributed by atoms with Gasteiger partial charge in [-0.3, -0.25) is 0 Å². The molecule has 14 heavy (non-hydrogen) atoms. The molecule has 0 amide bonds. The highest BCUT2D eigenvalue weighted by molar-refractivity contribution is 5.55. The average Bonchev–Trinajstić information content (AvgIpc) is 2.26. The average molecular weight is 189 g/mol. The quantitative estimate of drug-likeness (QED) is 0.731. The van der Waals surface area contributed by atoms with Crippen LogP contribution in [0.4, 0.5) is 5.69 Å². The SMILES string of the molecule is CCC(C)N(C)c1cccnc1C#N. The lowest BCUT2D eigenvalue weighted by molar-refractivity contribution is 0.662.